The van der Waals surface area contributed by atoms with Gasteiger partial charge in [0.05, 0.1) is 13.2 Å². The van der Waals surface area contributed by atoms with Crippen LogP contribution in [0, 0.1) is 0 Å². The Morgan fingerprint density at radius 1 is 0.966 bits per heavy atom. The highest BCUT2D eigenvalue weighted by Crippen LogP contribution is 2.15. The van der Waals surface area contributed by atoms with Gasteiger partial charge in [-0.15, -0.1) is 12.4 Å². The lowest BCUT2D eigenvalue weighted by atomic mass is 10.0. The van der Waals surface area contributed by atoms with Gasteiger partial charge in [-0.2, -0.15) is 0 Å². The molecule has 7 heteroatoms. The molecule has 0 spiro atoms. The number of piperazine rings is 1. The van der Waals surface area contributed by atoms with E-state index in [1.54, 1.807) is 4.90 Å². The minimum atomic E-state index is -0.210. The Hall–Kier alpha value is -1.79. The molecule has 1 heterocycles. The van der Waals surface area contributed by atoms with Gasteiger partial charge in [-0.3, -0.25) is 9.69 Å². The summed E-state index contributed by atoms with van der Waals surface area (Å²) in [6.45, 7) is 9.15. The highest BCUT2D eigenvalue weighted by Gasteiger charge is 2.21. The van der Waals surface area contributed by atoms with Crippen LogP contribution < -0.4 is 4.74 Å². The second kappa shape index (κ2) is 14.2. The SMILES string of the molecule is CCCCCC(=O)c1ccc(OCCCN2CCN(C(=O)OCC)CC2)cc1.Cl. The van der Waals surface area contributed by atoms with Crippen LogP contribution in [0.25, 0.3) is 0 Å². The number of benzene rings is 1. The lowest BCUT2D eigenvalue weighted by Crippen LogP contribution is -2.49. The quantitative estimate of drug-likeness (QED) is 0.387. The van der Waals surface area contributed by atoms with E-state index in [2.05, 4.69) is 11.8 Å². The van der Waals surface area contributed by atoms with Crippen LogP contribution in [0.1, 0.15) is 56.3 Å². The number of carbonyl (C=O) groups is 2. The van der Waals surface area contributed by atoms with Gasteiger partial charge in [0.25, 0.3) is 0 Å². The molecule has 164 valence electrons. The van der Waals surface area contributed by atoms with Crippen molar-refractivity contribution in [2.24, 2.45) is 0 Å². The molecule has 0 aliphatic carbocycles. The topological polar surface area (TPSA) is 59.1 Å². The average molecular weight is 427 g/mol. The van der Waals surface area contributed by atoms with Crippen LogP contribution in [0.5, 0.6) is 5.75 Å². The summed E-state index contributed by atoms with van der Waals surface area (Å²) in [5.41, 5.74) is 0.767. The molecule has 6 nitrogen and oxygen atoms in total. The molecule has 1 aromatic carbocycles. The van der Waals surface area contributed by atoms with Crippen molar-refractivity contribution in [3.63, 3.8) is 0 Å². The second-order valence-corrected chi connectivity index (χ2v) is 7.13. The lowest BCUT2D eigenvalue weighted by molar-refractivity contribution is 0.0781. The Bertz CT molecular complexity index is 601. The number of Topliss-reactive ketones (excluding diaryl/α,β-unsaturated/α-hetero) is 1. The second-order valence-electron chi connectivity index (χ2n) is 7.13. The van der Waals surface area contributed by atoms with E-state index in [0.717, 1.165) is 56.6 Å². The molecule has 1 aromatic rings. The Morgan fingerprint density at radius 3 is 2.28 bits per heavy atom. The number of ether oxygens (including phenoxy) is 2. The standard InChI is InChI=1S/C22H34N2O4.ClH/c1-3-5-6-8-21(25)19-9-11-20(12-10-19)28-18-7-13-23-14-16-24(17-15-23)22(26)27-4-2;/h9-12H,3-8,13-18H2,1-2H3;1H. The van der Waals surface area contributed by atoms with Crippen LogP contribution in [0.4, 0.5) is 4.79 Å². The van der Waals surface area contributed by atoms with E-state index < -0.39 is 0 Å². The highest BCUT2D eigenvalue weighted by molar-refractivity contribution is 5.96. The molecule has 1 aliphatic rings. The van der Waals surface area contributed by atoms with Gasteiger partial charge in [-0.25, -0.2) is 4.79 Å². The number of halogens is 1. The molecule has 1 saturated heterocycles. The number of carbonyl (C=O) groups excluding carboxylic acids is 2. The van der Waals surface area contributed by atoms with Crippen molar-refractivity contribution in [2.45, 2.75) is 46.0 Å². The number of nitrogens with zero attached hydrogens (tertiary/aromatic N) is 2. The molecule has 2 rings (SSSR count). The molecule has 0 saturated carbocycles. The summed E-state index contributed by atoms with van der Waals surface area (Å²) in [4.78, 5) is 27.9. The van der Waals surface area contributed by atoms with Crippen molar-refractivity contribution in [3.05, 3.63) is 29.8 Å². The predicted octanol–water partition coefficient (Wildman–Crippen LogP) is 4.41. The molecular formula is C22H35ClN2O4. The number of unbranched alkanes of at least 4 members (excludes halogenated alkanes) is 2. The number of amides is 1. The molecule has 1 amide bonds. The molecule has 0 bridgehead atoms. The molecular weight excluding hydrogens is 392 g/mol. The van der Waals surface area contributed by atoms with Gasteiger partial charge in [0.2, 0.25) is 0 Å². The maximum absolute atomic E-state index is 12.1. The van der Waals surface area contributed by atoms with E-state index in [0.29, 0.717) is 32.7 Å². The third-order valence-electron chi connectivity index (χ3n) is 4.97. The molecule has 0 radical (unpaired) electrons. The first-order valence-corrected chi connectivity index (χ1v) is 10.5. The van der Waals surface area contributed by atoms with Gasteiger partial charge in [0, 0.05) is 44.7 Å². The summed E-state index contributed by atoms with van der Waals surface area (Å²) in [5, 5.41) is 0. The zero-order valence-corrected chi connectivity index (χ0v) is 18.5. The molecule has 0 N–H and O–H groups in total. The van der Waals surface area contributed by atoms with Crippen LogP contribution in [0.15, 0.2) is 24.3 Å². The molecule has 1 aliphatic heterocycles. The van der Waals surface area contributed by atoms with Gasteiger partial charge in [0.1, 0.15) is 5.75 Å². The summed E-state index contributed by atoms with van der Waals surface area (Å²) in [6, 6.07) is 7.48. The maximum Gasteiger partial charge on any atom is 0.409 e. The average Bonchev–Trinajstić information content (AvgIpc) is 2.72. The van der Waals surface area contributed by atoms with Crippen molar-refractivity contribution in [1.29, 1.82) is 0 Å². The van der Waals surface area contributed by atoms with E-state index in [-0.39, 0.29) is 24.3 Å². The fourth-order valence-corrected chi connectivity index (χ4v) is 3.26. The first-order chi connectivity index (χ1) is 13.6. The van der Waals surface area contributed by atoms with E-state index in [1.165, 1.54) is 0 Å². The van der Waals surface area contributed by atoms with Crippen LogP contribution in [0.2, 0.25) is 0 Å². The largest absolute Gasteiger partial charge is 0.494 e. The monoisotopic (exact) mass is 426 g/mol. The summed E-state index contributed by atoms with van der Waals surface area (Å²) < 4.78 is 10.8. The fourth-order valence-electron chi connectivity index (χ4n) is 3.26. The van der Waals surface area contributed by atoms with Crippen molar-refractivity contribution in [3.8, 4) is 5.75 Å². The van der Waals surface area contributed by atoms with Crippen molar-refractivity contribution >= 4 is 24.3 Å². The first-order valence-electron chi connectivity index (χ1n) is 10.5. The van der Waals surface area contributed by atoms with E-state index >= 15 is 0 Å². The van der Waals surface area contributed by atoms with Gasteiger partial charge in [-0.05, 0) is 44.0 Å². The van der Waals surface area contributed by atoms with Gasteiger partial charge in [-0.1, -0.05) is 19.8 Å². The third kappa shape index (κ3) is 9.05. The Kier molecular flexibility index (Phi) is 12.4. The number of hydrogen-bond donors (Lipinski definition) is 0. The zero-order valence-electron chi connectivity index (χ0n) is 17.7. The molecule has 29 heavy (non-hydrogen) atoms. The van der Waals surface area contributed by atoms with Crippen LogP contribution >= 0.6 is 12.4 Å². The number of hydrogen-bond acceptors (Lipinski definition) is 5. The molecule has 1 fully saturated rings. The zero-order chi connectivity index (χ0) is 20.2. The van der Waals surface area contributed by atoms with Crippen molar-refractivity contribution < 1.29 is 19.1 Å². The summed E-state index contributed by atoms with van der Waals surface area (Å²) in [7, 11) is 0. The van der Waals surface area contributed by atoms with Crippen molar-refractivity contribution in [2.75, 3.05) is 45.9 Å². The van der Waals surface area contributed by atoms with Crippen LogP contribution in [-0.2, 0) is 4.74 Å². The summed E-state index contributed by atoms with van der Waals surface area (Å²) >= 11 is 0. The third-order valence-corrected chi connectivity index (χ3v) is 4.97. The molecule has 0 unspecified atom stereocenters. The van der Waals surface area contributed by atoms with E-state index in [1.807, 2.05) is 31.2 Å². The Morgan fingerprint density at radius 2 is 1.66 bits per heavy atom. The van der Waals surface area contributed by atoms with Gasteiger partial charge in [0.15, 0.2) is 5.78 Å². The van der Waals surface area contributed by atoms with Crippen LogP contribution in [0.3, 0.4) is 0 Å². The normalized spacial score (nSPS) is 14.2. The lowest BCUT2D eigenvalue weighted by Gasteiger charge is -2.33. The molecule has 0 aromatic heterocycles. The fraction of sp³-hybridized carbons (Fsp3) is 0.636. The van der Waals surface area contributed by atoms with Gasteiger partial charge < -0.3 is 14.4 Å². The smallest absolute Gasteiger partial charge is 0.409 e. The predicted molar refractivity (Wildman–Crippen MR) is 117 cm³/mol. The Balaban J connectivity index is 0.00000420. The summed E-state index contributed by atoms with van der Waals surface area (Å²) in [5.74, 6) is 1.01. The number of ketones is 1. The van der Waals surface area contributed by atoms with E-state index in [9.17, 15) is 9.59 Å². The maximum atomic E-state index is 12.1. The van der Waals surface area contributed by atoms with Crippen molar-refractivity contribution in [1.82, 2.24) is 9.80 Å². The Labute approximate surface area is 180 Å². The summed E-state index contributed by atoms with van der Waals surface area (Å²) in [6.07, 6.45) is 4.53. The van der Waals surface area contributed by atoms with Gasteiger partial charge >= 0.3 is 6.09 Å². The first kappa shape index (κ1) is 25.2. The minimum Gasteiger partial charge on any atom is -0.494 e. The highest BCUT2D eigenvalue weighted by atomic mass is 35.5. The number of rotatable bonds is 11. The minimum absolute atomic E-state index is 0. The van der Waals surface area contributed by atoms with Crippen LogP contribution in [-0.4, -0.2) is 67.6 Å². The van der Waals surface area contributed by atoms with E-state index in [4.69, 9.17) is 9.47 Å². The molecule has 0 atom stereocenters.